The van der Waals surface area contributed by atoms with E-state index in [2.05, 4.69) is 42.6 Å². The summed E-state index contributed by atoms with van der Waals surface area (Å²) >= 11 is 0. The highest BCUT2D eigenvalue weighted by molar-refractivity contribution is 7.60. The second-order valence-electron chi connectivity index (χ2n) is 9.52. The van der Waals surface area contributed by atoms with Crippen LogP contribution in [-0.4, -0.2) is 21.3 Å². The van der Waals surface area contributed by atoms with Gasteiger partial charge in [-0.05, 0) is 61.7 Å². The van der Waals surface area contributed by atoms with Gasteiger partial charge in [0.1, 0.15) is 0 Å². The zero-order chi connectivity index (χ0) is 22.1. The number of phosphoric ester groups is 1. The van der Waals surface area contributed by atoms with Crippen molar-refractivity contribution >= 4 is 15.6 Å². The molecule has 0 aliphatic heterocycles. The summed E-state index contributed by atoms with van der Waals surface area (Å²) in [6.07, 6.45) is 10.8. The maximum absolute atomic E-state index is 11.5. The lowest BCUT2D eigenvalue weighted by Crippen LogP contribution is -2.43. The molecule has 4 atom stereocenters. The summed E-state index contributed by atoms with van der Waals surface area (Å²) in [5, 5.41) is 0. The van der Waals surface area contributed by atoms with Crippen molar-refractivity contribution < 1.29 is 32.6 Å². The average Bonchev–Trinajstić information content (AvgIpc) is 2.54. The van der Waals surface area contributed by atoms with Gasteiger partial charge < -0.3 is 14.7 Å². The molecule has 0 aromatic heterocycles. The molecular formula is C20H36O7P2. The number of allylic oxidation sites excluding steroid dienone is 3. The lowest BCUT2D eigenvalue weighted by atomic mass is 9.52. The molecule has 29 heavy (non-hydrogen) atoms. The summed E-state index contributed by atoms with van der Waals surface area (Å²) in [7, 11) is -9.88. The van der Waals surface area contributed by atoms with E-state index in [1.165, 1.54) is 19.3 Å². The van der Waals surface area contributed by atoms with Crippen molar-refractivity contribution in [1.29, 1.82) is 0 Å². The quantitative estimate of drug-likeness (QED) is 0.319. The van der Waals surface area contributed by atoms with Gasteiger partial charge in [0.25, 0.3) is 0 Å². The van der Waals surface area contributed by atoms with Gasteiger partial charge in [0.05, 0.1) is 6.61 Å². The summed E-state index contributed by atoms with van der Waals surface area (Å²) in [5.74, 6) is 1.18. The molecule has 9 heteroatoms. The molecule has 0 heterocycles. The van der Waals surface area contributed by atoms with Crippen LogP contribution in [-0.2, 0) is 18.0 Å². The van der Waals surface area contributed by atoms with Crippen LogP contribution in [0.2, 0.25) is 0 Å². The van der Waals surface area contributed by atoms with Crippen molar-refractivity contribution in [3.05, 3.63) is 23.3 Å². The molecule has 0 amide bonds. The molecule has 1 fully saturated rings. The highest BCUT2D eigenvalue weighted by atomic mass is 31.3. The van der Waals surface area contributed by atoms with Crippen molar-refractivity contribution in [2.75, 3.05) is 6.61 Å². The van der Waals surface area contributed by atoms with Gasteiger partial charge in [-0.15, -0.1) is 0 Å². The average molecular weight is 450 g/mol. The fraction of sp³-hybridized carbons (Fsp3) is 0.800. The third-order valence-corrected chi connectivity index (χ3v) is 9.15. The molecule has 1 saturated carbocycles. The maximum Gasteiger partial charge on any atom is 0.481 e. The largest absolute Gasteiger partial charge is 0.481 e. The summed E-state index contributed by atoms with van der Waals surface area (Å²) in [6.45, 7) is 11.1. The zero-order valence-corrected chi connectivity index (χ0v) is 19.9. The highest BCUT2D eigenvalue weighted by Crippen LogP contribution is 2.59. The number of rotatable bonds is 8. The standard InChI is InChI=1S/C20H36O7P2/c1-15(11-14-26-29(24,25)27-28(21,22)23)10-13-20(5)16(2)8-9-17-18(20)7-6-12-19(17,3)4/h9,11,16,18H,6-8,10,12-14H2,1-5H3,(H,24,25)(H2,21,22,23)/b15-11+. The fourth-order valence-corrected chi connectivity index (χ4v) is 6.49. The van der Waals surface area contributed by atoms with Crippen molar-refractivity contribution in [3.63, 3.8) is 0 Å². The van der Waals surface area contributed by atoms with Gasteiger partial charge in [-0.1, -0.05) is 57.4 Å². The Hall–Kier alpha value is -0.260. The first-order valence-corrected chi connectivity index (χ1v) is 13.3. The lowest BCUT2D eigenvalue weighted by Gasteiger charge is -2.53. The first-order valence-electron chi connectivity index (χ1n) is 10.3. The molecule has 168 valence electrons. The molecule has 0 saturated heterocycles. The molecule has 2 aliphatic rings. The molecule has 0 aromatic rings. The Kier molecular flexibility index (Phi) is 7.83. The molecular weight excluding hydrogens is 414 g/mol. The van der Waals surface area contributed by atoms with Crippen LogP contribution in [0.1, 0.15) is 73.1 Å². The molecule has 3 N–H and O–H groups in total. The number of phosphoric acid groups is 2. The topological polar surface area (TPSA) is 113 Å². The minimum absolute atomic E-state index is 0.202. The molecule has 0 spiro atoms. The van der Waals surface area contributed by atoms with Gasteiger partial charge in [0.15, 0.2) is 0 Å². The van der Waals surface area contributed by atoms with Crippen LogP contribution >= 0.6 is 15.6 Å². The third-order valence-electron chi connectivity index (χ3n) is 7.00. The Morgan fingerprint density at radius 2 is 1.93 bits per heavy atom. The van der Waals surface area contributed by atoms with Crippen molar-refractivity contribution in [1.82, 2.24) is 0 Å². The van der Waals surface area contributed by atoms with E-state index in [4.69, 9.17) is 9.79 Å². The molecule has 0 aromatic carbocycles. The van der Waals surface area contributed by atoms with E-state index in [-0.39, 0.29) is 17.4 Å². The maximum atomic E-state index is 11.5. The van der Waals surface area contributed by atoms with Crippen molar-refractivity contribution in [3.8, 4) is 0 Å². The highest BCUT2D eigenvalue weighted by Gasteiger charge is 2.47. The van der Waals surface area contributed by atoms with E-state index >= 15 is 0 Å². The van der Waals surface area contributed by atoms with Gasteiger partial charge >= 0.3 is 15.6 Å². The Morgan fingerprint density at radius 1 is 1.28 bits per heavy atom. The number of hydrogen-bond donors (Lipinski definition) is 3. The van der Waals surface area contributed by atoms with Gasteiger partial charge in [0, 0.05) is 0 Å². The Morgan fingerprint density at radius 3 is 2.55 bits per heavy atom. The molecule has 4 unspecified atom stereocenters. The van der Waals surface area contributed by atoms with Crippen LogP contribution in [0.5, 0.6) is 0 Å². The summed E-state index contributed by atoms with van der Waals surface area (Å²) < 4.78 is 30.6. The molecule has 0 bridgehead atoms. The second-order valence-corrected chi connectivity index (χ2v) is 12.3. The van der Waals surface area contributed by atoms with Crippen LogP contribution in [0.25, 0.3) is 0 Å². The van der Waals surface area contributed by atoms with E-state index < -0.39 is 15.6 Å². The van der Waals surface area contributed by atoms with E-state index in [0.29, 0.717) is 11.8 Å². The van der Waals surface area contributed by atoms with Crippen LogP contribution < -0.4 is 0 Å². The molecule has 0 radical (unpaired) electrons. The second kappa shape index (κ2) is 9.08. The zero-order valence-electron chi connectivity index (χ0n) is 18.1. The third kappa shape index (κ3) is 6.61. The SMILES string of the molecule is C/C(=C\COP(=O)(O)OP(=O)(O)O)CCC1(C)C(C)CC=C2C1CCCC2(C)C. The first-order chi connectivity index (χ1) is 13.2. The Bertz CT molecular complexity index is 752. The van der Waals surface area contributed by atoms with Crippen LogP contribution in [0.4, 0.5) is 0 Å². The fourth-order valence-electron chi connectivity index (χ4n) is 4.96. The smallest absolute Gasteiger partial charge is 0.302 e. The molecule has 2 rings (SSSR count). The number of fused-ring (bicyclic) bond motifs is 1. The normalized spacial score (nSPS) is 32.3. The van der Waals surface area contributed by atoms with Crippen LogP contribution in [0, 0.1) is 22.7 Å². The van der Waals surface area contributed by atoms with Crippen LogP contribution in [0.15, 0.2) is 23.3 Å². The van der Waals surface area contributed by atoms with Gasteiger partial charge in [0.2, 0.25) is 0 Å². The molecule has 7 nitrogen and oxygen atoms in total. The minimum atomic E-state index is -5.09. The van der Waals surface area contributed by atoms with Gasteiger partial charge in [-0.3, -0.25) is 4.52 Å². The minimum Gasteiger partial charge on any atom is -0.302 e. The van der Waals surface area contributed by atoms with E-state index in [1.54, 1.807) is 11.6 Å². The Labute approximate surface area is 174 Å². The first kappa shape index (κ1) is 25.0. The van der Waals surface area contributed by atoms with Gasteiger partial charge in [-0.2, -0.15) is 4.31 Å². The monoisotopic (exact) mass is 450 g/mol. The van der Waals surface area contributed by atoms with Gasteiger partial charge in [-0.25, -0.2) is 9.13 Å². The Balaban J connectivity index is 1.98. The van der Waals surface area contributed by atoms with E-state index in [0.717, 1.165) is 24.8 Å². The predicted octanol–water partition coefficient (Wildman–Crippen LogP) is 5.74. The molecule has 2 aliphatic carbocycles. The summed E-state index contributed by atoms with van der Waals surface area (Å²) in [5.41, 5.74) is 3.10. The van der Waals surface area contributed by atoms with E-state index in [1.807, 2.05) is 6.92 Å². The predicted molar refractivity (Wildman–Crippen MR) is 113 cm³/mol. The lowest BCUT2D eigenvalue weighted by molar-refractivity contribution is 0.0583. The summed E-state index contributed by atoms with van der Waals surface area (Å²) in [6, 6.07) is 0. The van der Waals surface area contributed by atoms with Crippen molar-refractivity contribution in [2.45, 2.75) is 73.1 Å². The van der Waals surface area contributed by atoms with Crippen molar-refractivity contribution in [2.24, 2.45) is 22.7 Å². The number of hydrogen-bond acceptors (Lipinski definition) is 4. The van der Waals surface area contributed by atoms with Crippen LogP contribution in [0.3, 0.4) is 0 Å². The summed E-state index contributed by atoms with van der Waals surface area (Å²) in [4.78, 5) is 26.6. The van der Waals surface area contributed by atoms with E-state index in [9.17, 15) is 14.0 Å².